The Hall–Kier alpha value is -2.30. The van der Waals surface area contributed by atoms with Crippen LogP contribution < -0.4 is 9.47 Å². The van der Waals surface area contributed by atoms with E-state index < -0.39 is 5.60 Å². The number of benzene rings is 1. The van der Waals surface area contributed by atoms with Crippen LogP contribution in [0.3, 0.4) is 0 Å². The van der Waals surface area contributed by atoms with E-state index in [4.69, 9.17) is 9.47 Å². The standard InChI is InChI=1S/C16H18N2O3/c1-16(2)9-13(19)12-5-4-11(8-14(12)21-16)20-10-15-17-6-7-18(15)3/h4-8H,9-10H2,1-3H3. The van der Waals surface area contributed by atoms with Crippen molar-refractivity contribution in [2.75, 3.05) is 0 Å². The maximum Gasteiger partial charge on any atom is 0.170 e. The molecule has 110 valence electrons. The first-order valence-corrected chi connectivity index (χ1v) is 6.90. The van der Waals surface area contributed by atoms with Crippen molar-refractivity contribution in [3.05, 3.63) is 42.0 Å². The molecule has 0 radical (unpaired) electrons. The minimum atomic E-state index is -0.470. The topological polar surface area (TPSA) is 53.4 Å². The van der Waals surface area contributed by atoms with Gasteiger partial charge in [-0.05, 0) is 26.0 Å². The van der Waals surface area contributed by atoms with Gasteiger partial charge in [-0.2, -0.15) is 0 Å². The van der Waals surface area contributed by atoms with Crippen LogP contribution in [0, 0.1) is 0 Å². The Morgan fingerprint density at radius 3 is 2.95 bits per heavy atom. The molecule has 0 N–H and O–H groups in total. The molecule has 0 saturated heterocycles. The summed E-state index contributed by atoms with van der Waals surface area (Å²) in [5, 5.41) is 0. The maximum atomic E-state index is 12.1. The molecule has 0 unspecified atom stereocenters. The van der Waals surface area contributed by atoms with Gasteiger partial charge in [-0.1, -0.05) is 0 Å². The average Bonchev–Trinajstić information content (AvgIpc) is 2.80. The number of ether oxygens (including phenoxy) is 2. The second-order valence-corrected chi connectivity index (χ2v) is 5.86. The molecule has 1 aromatic carbocycles. The number of hydrogen-bond acceptors (Lipinski definition) is 4. The van der Waals surface area contributed by atoms with E-state index in [-0.39, 0.29) is 5.78 Å². The highest BCUT2D eigenvalue weighted by atomic mass is 16.5. The molecule has 5 nitrogen and oxygen atoms in total. The van der Waals surface area contributed by atoms with E-state index in [9.17, 15) is 4.79 Å². The van der Waals surface area contributed by atoms with Crippen LogP contribution in [0.2, 0.25) is 0 Å². The molecule has 0 spiro atoms. The molecule has 0 fully saturated rings. The van der Waals surface area contributed by atoms with Crippen LogP contribution in [0.1, 0.15) is 36.5 Å². The molecule has 0 saturated carbocycles. The van der Waals surface area contributed by atoms with Crippen molar-refractivity contribution in [2.24, 2.45) is 7.05 Å². The Morgan fingerprint density at radius 1 is 1.43 bits per heavy atom. The molecular formula is C16H18N2O3. The Morgan fingerprint density at radius 2 is 2.24 bits per heavy atom. The lowest BCUT2D eigenvalue weighted by molar-refractivity contribution is 0.0618. The van der Waals surface area contributed by atoms with Gasteiger partial charge >= 0.3 is 0 Å². The number of Topliss-reactive ketones (excluding diaryl/α,β-unsaturated/α-hetero) is 1. The quantitative estimate of drug-likeness (QED) is 0.870. The van der Waals surface area contributed by atoms with E-state index >= 15 is 0 Å². The van der Waals surface area contributed by atoms with Gasteiger partial charge in [-0.15, -0.1) is 0 Å². The van der Waals surface area contributed by atoms with E-state index in [0.29, 0.717) is 30.1 Å². The highest BCUT2D eigenvalue weighted by Gasteiger charge is 2.32. The molecule has 5 heteroatoms. The van der Waals surface area contributed by atoms with Crippen LogP contribution in [0.25, 0.3) is 0 Å². The van der Waals surface area contributed by atoms with Gasteiger partial charge in [0.15, 0.2) is 5.78 Å². The lowest BCUT2D eigenvalue weighted by atomic mass is 9.93. The molecule has 2 heterocycles. The van der Waals surface area contributed by atoms with Gasteiger partial charge in [0.05, 0.1) is 12.0 Å². The monoisotopic (exact) mass is 286 g/mol. The molecule has 1 aliphatic heterocycles. The first kappa shape index (κ1) is 13.7. The summed E-state index contributed by atoms with van der Waals surface area (Å²) in [7, 11) is 1.92. The highest BCUT2D eigenvalue weighted by Crippen LogP contribution is 2.35. The van der Waals surface area contributed by atoms with Crippen LogP contribution in [0.4, 0.5) is 0 Å². The van der Waals surface area contributed by atoms with Gasteiger partial charge in [0.2, 0.25) is 0 Å². The average molecular weight is 286 g/mol. The zero-order valence-corrected chi connectivity index (χ0v) is 12.4. The summed E-state index contributed by atoms with van der Waals surface area (Å²) in [5.74, 6) is 2.21. The molecule has 0 atom stereocenters. The summed E-state index contributed by atoms with van der Waals surface area (Å²) in [6.07, 6.45) is 4.00. The molecule has 0 amide bonds. The number of ketones is 1. The lowest BCUT2D eigenvalue weighted by Crippen LogP contribution is -2.35. The molecule has 0 aliphatic carbocycles. The predicted octanol–water partition coefficient (Wildman–Crippen LogP) is 2.74. The summed E-state index contributed by atoms with van der Waals surface area (Å²) < 4.78 is 13.5. The number of carbonyl (C=O) groups is 1. The van der Waals surface area contributed by atoms with Gasteiger partial charge < -0.3 is 14.0 Å². The van der Waals surface area contributed by atoms with Gasteiger partial charge in [-0.25, -0.2) is 4.98 Å². The molecule has 2 aromatic rings. The van der Waals surface area contributed by atoms with Crippen molar-refractivity contribution in [3.63, 3.8) is 0 Å². The fourth-order valence-corrected chi connectivity index (χ4v) is 2.41. The molecule has 1 aliphatic rings. The summed E-state index contributed by atoms with van der Waals surface area (Å²) in [4.78, 5) is 16.3. The number of carbonyl (C=O) groups excluding carboxylic acids is 1. The minimum Gasteiger partial charge on any atom is -0.486 e. The van der Waals surface area contributed by atoms with Crippen LogP contribution in [0.5, 0.6) is 11.5 Å². The van der Waals surface area contributed by atoms with E-state index in [1.807, 2.05) is 31.7 Å². The summed E-state index contributed by atoms with van der Waals surface area (Å²) in [6, 6.07) is 5.33. The number of nitrogens with zero attached hydrogens (tertiary/aromatic N) is 2. The second kappa shape index (κ2) is 4.91. The predicted molar refractivity (Wildman–Crippen MR) is 77.6 cm³/mol. The Bertz CT molecular complexity index is 689. The first-order valence-electron chi connectivity index (χ1n) is 6.90. The van der Waals surface area contributed by atoms with Crippen molar-refractivity contribution in [3.8, 4) is 11.5 Å². The number of aryl methyl sites for hydroxylation is 1. The highest BCUT2D eigenvalue weighted by molar-refractivity contribution is 6.00. The van der Waals surface area contributed by atoms with Crippen molar-refractivity contribution in [1.29, 1.82) is 0 Å². The number of hydrogen-bond donors (Lipinski definition) is 0. The van der Waals surface area contributed by atoms with Gasteiger partial charge in [0.25, 0.3) is 0 Å². The van der Waals surface area contributed by atoms with Crippen molar-refractivity contribution >= 4 is 5.78 Å². The fourth-order valence-electron chi connectivity index (χ4n) is 2.41. The van der Waals surface area contributed by atoms with Crippen LogP contribution in [0.15, 0.2) is 30.6 Å². The molecular weight excluding hydrogens is 268 g/mol. The largest absolute Gasteiger partial charge is 0.486 e. The third kappa shape index (κ3) is 2.77. The van der Waals surface area contributed by atoms with Gasteiger partial charge in [0, 0.05) is 25.5 Å². The molecule has 3 rings (SSSR count). The SMILES string of the molecule is Cn1ccnc1COc1ccc2c(c1)OC(C)(C)CC2=O. The number of aromatic nitrogens is 2. The van der Waals surface area contributed by atoms with Crippen LogP contribution in [-0.4, -0.2) is 20.9 Å². The number of fused-ring (bicyclic) bond motifs is 1. The molecule has 0 bridgehead atoms. The smallest absolute Gasteiger partial charge is 0.170 e. The molecule has 21 heavy (non-hydrogen) atoms. The summed E-state index contributed by atoms with van der Waals surface area (Å²) in [6.45, 7) is 4.20. The van der Waals surface area contributed by atoms with E-state index in [0.717, 1.165) is 5.82 Å². The lowest BCUT2D eigenvalue weighted by Gasteiger charge is -2.31. The Kier molecular flexibility index (Phi) is 3.20. The second-order valence-electron chi connectivity index (χ2n) is 5.86. The third-order valence-electron chi connectivity index (χ3n) is 3.51. The number of imidazole rings is 1. The number of rotatable bonds is 3. The minimum absolute atomic E-state index is 0.108. The Labute approximate surface area is 123 Å². The maximum absolute atomic E-state index is 12.1. The zero-order valence-electron chi connectivity index (χ0n) is 12.4. The first-order chi connectivity index (χ1) is 9.94. The summed E-state index contributed by atoms with van der Waals surface area (Å²) >= 11 is 0. The summed E-state index contributed by atoms with van der Waals surface area (Å²) in [5.41, 5.74) is 0.154. The van der Waals surface area contributed by atoms with Gasteiger partial charge in [0.1, 0.15) is 29.5 Å². The third-order valence-corrected chi connectivity index (χ3v) is 3.51. The van der Waals surface area contributed by atoms with E-state index in [1.54, 1.807) is 24.4 Å². The van der Waals surface area contributed by atoms with E-state index in [1.165, 1.54) is 0 Å². The fraction of sp³-hybridized carbons (Fsp3) is 0.375. The molecule has 1 aromatic heterocycles. The zero-order chi connectivity index (χ0) is 15.0. The normalized spacial score (nSPS) is 16.2. The van der Waals surface area contributed by atoms with Crippen LogP contribution >= 0.6 is 0 Å². The van der Waals surface area contributed by atoms with Gasteiger partial charge in [-0.3, -0.25) is 4.79 Å². The Balaban J connectivity index is 1.80. The van der Waals surface area contributed by atoms with Crippen molar-refractivity contribution in [2.45, 2.75) is 32.5 Å². The van der Waals surface area contributed by atoms with Crippen molar-refractivity contribution < 1.29 is 14.3 Å². The van der Waals surface area contributed by atoms with E-state index in [2.05, 4.69) is 4.98 Å². The van der Waals surface area contributed by atoms with Crippen molar-refractivity contribution in [1.82, 2.24) is 9.55 Å². The van der Waals surface area contributed by atoms with Crippen LogP contribution in [-0.2, 0) is 13.7 Å².